The number of carbonyl (C=O) groups excluding carboxylic acids is 1. The zero-order valence-corrected chi connectivity index (χ0v) is 12.8. The summed E-state index contributed by atoms with van der Waals surface area (Å²) in [7, 11) is 0. The number of aliphatic carboxylic acids is 1. The quantitative estimate of drug-likeness (QED) is 0.759. The first-order valence-corrected chi connectivity index (χ1v) is 7.71. The van der Waals surface area contributed by atoms with Gasteiger partial charge in [0.15, 0.2) is 11.7 Å². The Morgan fingerprint density at radius 1 is 1.12 bits per heavy atom. The van der Waals surface area contributed by atoms with Crippen LogP contribution < -0.4 is 0 Å². The molecule has 1 aromatic heterocycles. The number of H-pyrrole nitrogens is 1. The number of benzene rings is 2. The number of carboxylic acids is 1. The van der Waals surface area contributed by atoms with Crippen molar-refractivity contribution in [3.05, 3.63) is 65.4 Å². The minimum atomic E-state index is -1.03. The van der Waals surface area contributed by atoms with E-state index in [1.54, 1.807) is 18.2 Å². The number of aromatic amines is 1. The summed E-state index contributed by atoms with van der Waals surface area (Å²) in [6.45, 7) is 0.355. The van der Waals surface area contributed by atoms with Crippen LogP contribution in [0.2, 0.25) is 0 Å². The van der Waals surface area contributed by atoms with Gasteiger partial charge in [-0.25, -0.2) is 4.79 Å². The predicted octanol–water partition coefficient (Wildman–Crippen LogP) is 2.39. The third kappa shape index (κ3) is 2.15. The summed E-state index contributed by atoms with van der Waals surface area (Å²) in [4.78, 5) is 26.2. The molecule has 0 saturated heterocycles. The van der Waals surface area contributed by atoms with Gasteiger partial charge in [0.2, 0.25) is 0 Å². The number of amides is 1. The fourth-order valence-corrected chi connectivity index (χ4v) is 3.31. The molecule has 1 aliphatic rings. The van der Waals surface area contributed by atoms with Crippen LogP contribution in [-0.2, 0) is 11.2 Å². The molecule has 2 N–H and O–H groups in total. The summed E-state index contributed by atoms with van der Waals surface area (Å²) in [5.41, 5.74) is 2.66. The summed E-state index contributed by atoms with van der Waals surface area (Å²) in [6.07, 6.45) is 0.633. The molecular formula is C18H15N3O3. The van der Waals surface area contributed by atoms with Crippen LogP contribution in [-0.4, -0.2) is 38.6 Å². The molecule has 6 nitrogen and oxygen atoms in total. The van der Waals surface area contributed by atoms with E-state index in [1.165, 1.54) is 4.90 Å². The Kier molecular flexibility index (Phi) is 3.30. The molecule has 0 fully saturated rings. The first kappa shape index (κ1) is 14.4. The van der Waals surface area contributed by atoms with Crippen molar-refractivity contribution in [2.75, 3.05) is 6.54 Å². The van der Waals surface area contributed by atoms with E-state index in [4.69, 9.17) is 0 Å². The van der Waals surface area contributed by atoms with Crippen molar-refractivity contribution >= 4 is 22.8 Å². The molecule has 24 heavy (non-hydrogen) atoms. The van der Waals surface area contributed by atoms with E-state index < -0.39 is 12.0 Å². The lowest BCUT2D eigenvalue weighted by Gasteiger charge is -2.34. The van der Waals surface area contributed by atoms with Crippen LogP contribution in [0.4, 0.5) is 0 Å². The van der Waals surface area contributed by atoms with E-state index in [1.807, 2.05) is 30.3 Å². The number of aromatic nitrogens is 2. The Balaban J connectivity index is 1.78. The molecule has 2 aromatic carbocycles. The van der Waals surface area contributed by atoms with Crippen molar-refractivity contribution in [2.24, 2.45) is 0 Å². The van der Waals surface area contributed by atoms with Gasteiger partial charge in [-0.3, -0.25) is 9.89 Å². The minimum absolute atomic E-state index is 0.260. The first-order chi connectivity index (χ1) is 11.7. The number of nitrogens with one attached hydrogen (secondary N) is 1. The first-order valence-electron chi connectivity index (χ1n) is 7.71. The van der Waals surface area contributed by atoms with Crippen LogP contribution in [0.5, 0.6) is 0 Å². The number of para-hydroxylation sites is 1. The Labute approximate surface area is 137 Å². The van der Waals surface area contributed by atoms with Gasteiger partial charge in [0.1, 0.15) is 0 Å². The van der Waals surface area contributed by atoms with Gasteiger partial charge in [0.25, 0.3) is 5.91 Å². The fraction of sp³-hybridized carbons (Fsp3) is 0.167. The minimum Gasteiger partial charge on any atom is -0.479 e. The Morgan fingerprint density at radius 3 is 2.71 bits per heavy atom. The molecule has 4 rings (SSSR count). The fourth-order valence-electron chi connectivity index (χ4n) is 3.31. The number of fused-ring (bicyclic) bond motifs is 2. The van der Waals surface area contributed by atoms with Gasteiger partial charge in [0, 0.05) is 11.9 Å². The summed E-state index contributed by atoms with van der Waals surface area (Å²) < 4.78 is 0. The molecule has 0 saturated carbocycles. The topological polar surface area (TPSA) is 86.3 Å². The molecule has 6 heteroatoms. The lowest BCUT2D eigenvalue weighted by atomic mass is 9.92. The molecule has 1 unspecified atom stereocenters. The van der Waals surface area contributed by atoms with Crippen LogP contribution in [0, 0.1) is 0 Å². The van der Waals surface area contributed by atoms with Crippen molar-refractivity contribution in [1.82, 2.24) is 15.1 Å². The second-order valence-electron chi connectivity index (χ2n) is 5.81. The van der Waals surface area contributed by atoms with Crippen molar-refractivity contribution in [3.63, 3.8) is 0 Å². The molecule has 3 aromatic rings. The van der Waals surface area contributed by atoms with Crippen LogP contribution >= 0.6 is 0 Å². The van der Waals surface area contributed by atoms with E-state index in [0.717, 1.165) is 11.1 Å². The van der Waals surface area contributed by atoms with Crippen molar-refractivity contribution in [1.29, 1.82) is 0 Å². The summed E-state index contributed by atoms with van der Waals surface area (Å²) in [5.74, 6) is -1.40. The van der Waals surface area contributed by atoms with Gasteiger partial charge < -0.3 is 10.0 Å². The maximum absolute atomic E-state index is 13.0. The molecule has 0 radical (unpaired) electrons. The highest BCUT2D eigenvalue weighted by Crippen LogP contribution is 2.31. The SMILES string of the molecule is O=C(O)C1c2ccccc2CCN1C(=O)c1n[nH]c2ccccc12. The van der Waals surface area contributed by atoms with E-state index in [0.29, 0.717) is 23.9 Å². The Hall–Kier alpha value is -3.15. The maximum atomic E-state index is 13.0. The molecule has 1 atom stereocenters. The van der Waals surface area contributed by atoms with E-state index >= 15 is 0 Å². The normalized spacial score (nSPS) is 16.8. The summed E-state index contributed by atoms with van der Waals surface area (Å²) >= 11 is 0. The zero-order chi connectivity index (χ0) is 16.7. The van der Waals surface area contributed by atoms with Gasteiger partial charge in [-0.2, -0.15) is 5.10 Å². The monoisotopic (exact) mass is 321 g/mol. The Bertz CT molecular complexity index is 947. The maximum Gasteiger partial charge on any atom is 0.331 e. The van der Waals surface area contributed by atoms with Crippen LogP contribution in [0.15, 0.2) is 48.5 Å². The predicted molar refractivity (Wildman–Crippen MR) is 87.7 cm³/mol. The number of rotatable bonds is 2. The van der Waals surface area contributed by atoms with Crippen molar-refractivity contribution < 1.29 is 14.7 Å². The highest BCUT2D eigenvalue weighted by Gasteiger charge is 2.37. The highest BCUT2D eigenvalue weighted by molar-refractivity contribution is 6.05. The molecule has 1 aliphatic heterocycles. The number of carbonyl (C=O) groups is 2. The Morgan fingerprint density at radius 2 is 1.88 bits per heavy atom. The molecule has 120 valence electrons. The molecule has 0 spiro atoms. The number of carboxylic acid groups (broad SMARTS) is 1. The number of hydrogen-bond donors (Lipinski definition) is 2. The molecule has 1 amide bonds. The van der Waals surface area contributed by atoms with Crippen molar-refractivity contribution in [2.45, 2.75) is 12.5 Å². The smallest absolute Gasteiger partial charge is 0.331 e. The second kappa shape index (κ2) is 5.49. The lowest BCUT2D eigenvalue weighted by molar-refractivity contribution is -0.143. The zero-order valence-electron chi connectivity index (χ0n) is 12.8. The molecule has 0 aliphatic carbocycles. The van der Waals surface area contributed by atoms with Gasteiger partial charge in [0.05, 0.1) is 5.52 Å². The third-order valence-corrected chi connectivity index (χ3v) is 4.45. The molecular weight excluding hydrogens is 306 g/mol. The molecule has 2 heterocycles. The molecule has 0 bridgehead atoms. The van der Waals surface area contributed by atoms with Gasteiger partial charge in [-0.15, -0.1) is 0 Å². The van der Waals surface area contributed by atoms with Crippen LogP contribution in [0.1, 0.15) is 27.7 Å². The third-order valence-electron chi connectivity index (χ3n) is 4.45. The van der Waals surface area contributed by atoms with E-state index in [-0.39, 0.29) is 11.6 Å². The van der Waals surface area contributed by atoms with E-state index in [9.17, 15) is 14.7 Å². The summed E-state index contributed by atoms with van der Waals surface area (Å²) in [5, 5.41) is 17.3. The van der Waals surface area contributed by atoms with Gasteiger partial charge in [-0.1, -0.05) is 42.5 Å². The van der Waals surface area contributed by atoms with Gasteiger partial charge >= 0.3 is 5.97 Å². The average Bonchev–Trinajstić information content (AvgIpc) is 3.04. The highest BCUT2D eigenvalue weighted by atomic mass is 16.4. The lowest BCUT2D eigenvalue weighted by Crippen LogP contribution is -2.43. The summed E-state index contributed by atoms with van der Waals surface area (Å²) in [6, 6.07) is 13.7. The van der Waals surface area contributed by atoms with Gasteiger partial charge in [-0.05, 0) is 23.6 Å². The average molecular weight is 321 g/mol. The number of hydrogen-bond acceptors (Lipinski definition) is 3. The number of nitrogens with zero attached hydrogens (tertiary/aromatic N) is 2. The standard InChI is InChI=1S/C18H15N3O3/c22-17(15-13-7-3-4-8-14(13)19-20-15)21-10-9-11-5-1-2-6-12(11)16(21)18(23)24/h1-8,16H,9-10H2,(H,19,20)(H,23,24). The van der Waals surface area contributed by atoms with E-state index in [2.05, 4.69) is 10.2 Å². The largest absolute Gasteiger partial charge is 0.479 e. The van der Waals surface area contributed by atoms with Crippen LogP contribution in [0.25, 0.3) is 10.9 Å². The second-order valence-corrected chi connectivity index (χ2v) is 5.81. The van der Waals surface area contributed by atoms with Crippen molar-refractivity contribution in [3.8, 4) is 0 Å². The van der Waals surface area contributed by atoms with Crippen LogP contribution in [0.3, 0.4) is 0 Å².